The Kier molecular flexibility index (Phi) is 3.00. The lowest BCUT2D eigenvalue weighted by atomic mass is 10.6. The third kappa shape index (κ3) is 2.28. The van der Waals surface area contributed by atoms with Gasteiger partial charge in [-0.25, -0.2) is 0 Å². The van der Waals surface area contributed by atoms with E-state index in [9.17, 15) is 0 Å². The summed E-state index contributed by atoms with van der Waals surface area (Å²) in [4.78, 5) is 0. The zero-order valence-corrected chi connectivity index (χ0v) is 6.90. The first kappa shape index (κ1) is 8.16. The Bertz CT molecular complexity index is 232. The summed E-state index contributed by atoms with van der Waals surface area (Å²) in [6.07, 6.45) is 1.77. The Labute approximate surface area is 69.1 Å². The SMILES string of the molecule is C=CCNc1nnc(CN)s1. The number of nitrogens with two attached hydrogens (primary N) is 1. The van der Waals surface area contributed by atoms with Gasteiger partial charge >= 0.3 is 0 Å². The first-order chi connectivity index (χ1) is 5.36. The van der Waals surface area contributed by atoms with Crippen molar-refractivity contribution in [3.8, 4) is 0 Å². The van der Waals surface area contributed by atoms with Crippen molar-refractivity contribution < 1.29 is 0 Å². The lowest BCUT2D eigenvalue weighted by Crippen LogP contribution is -1.96. The third-order valence-electron chi connectivity index (χ3n) is 1.04. The summed E-state index contributed by atoms with van der Waals surface area (Å²) in [7, 11) is 0. The van der Waals surface area contributed by atoms with Crippen molar-refractivity contribution in [3.63, 3.8) is 0 Å². The molecular formula is C6H10N4S. The summed E-state index contributed by atoms with van der Waals surface area (Å²) >= 11 is 1.47. The van der Waals surface area contributed by atoms with E-state index < -0.39 is 0 Å². The molecule has 1 rings (SSSR count). The van der Waals surface area contributed by atoms with Crippen molar-refractivity contribution in [1.29, 1.82) is 0 Å². The van der Waals surface area contributed by atoms with Crippen LogP contribution in [-0.4, -0.2) is 16.7 Å². The highest BCUT2D eigenvalue weighted by atomic mass is 32.1. The fourth-order valence-corrected chi connectivity index (χ4v) is 1.19. The Morgan fingerprint density at radius 3 is 3.00 bits per heavy atom. The van der Waals surface area contributed by atoms with Crippen molar-refractivity contribution in [2.24, 2.45) is 5.73 Å². The summed E-state index contributed by atoms with van der Waals surface area (Å²) in [6.45, 7) is 4.73. The largest absolute Gasteiger partial charge is 0.357 e. The van der Waals surface area contributed by atoms with Crippen LogP contribution in [0.15, 0.2) is 12.7 Å². The van der Waals surface area contributed by atoms with Gasteiger partial charge in [-0.1, -0.05) is 17.4 Å². The summed E-state index contributed by atoms with van der Waals surface area (Å²) in [5, 5.41) is 12.3. The van der Waals surface area contributed by atoms with E-state index in [4.69, 9.17) is 5.73 Å². The fraction of sp³-hybridized carbons (Fsp3) is 0.333. The average molecular weight is 170 g/mol. The molecule has 0 bridgehead atoms. The molecule has 0 saturated carbocycles. The highest BCUT2D eigenvalue weighted by molar-refractivity contribution is 7.15. The van der Waals surface area contributed by atoms with E-state index in [2.05, 4.69) is 22.1 Å². The standard InChI is InChI=1S/C6H10N4S/c1-2-3-8-6-10-9-5(4-7)11-6/h2H,1,3-4,7H2,(H,8,10). The normalized spacial score (nSPS) is 9.55. The van der Waals surface area contributed by atoms with Gasteiger partial charge in [0, 0.05) is 13.1 Å². The van der Waals surface area contributed by atoms with Crippen molar-refractivity contribution in [2.75, 3.05) is 11.9 Å². The van der Waals surface area contributed by atoms with Crippen molar-refractivity contribution >= 4 is 16.5 Å². The topological polar surface area (TPSA) is 63.8 Å². The maximum atomic E-state index is 5.35. The molecule has 1 heterocycles. The van der Waals surface area contributed by atoms with Crippen molar-refractivity contribution in [3.05, 3.63) is 17.7 Å². The molecule has 4 nitrogen and oxygen atoms in total. The van der Waals surface area contributed by atoms with Crippen LogP contribution in [0.5, 0.6) is 0 Å². The van der Waals surface area contributed by atoms with E-state index in [0.717, 1.165) is 10.1 Å². The summed E-state index contributed by atoms with van der Waals surface area (Å²) in [5.41, 5.74) is 5.35. The minimum Gasteiger partial charge on any atom is -0.357 e. The predicted octanol–water partition coefficient (Wildman–Crippen LogP) is 0.595. The van der Waals surface area contributed by atoms with Gasteiger partial charge in [-0.15, -0.1) is 16.8 Å². The first-order valence-electron chi connectivity index (χ1n) is 3.24. The highest BCUT2D eigenvalue weighted by Crippen LogP contribution is 2.13. The first-order valence-corrected chi connectivity index (χ1v) is 4.05. The molecular weight excluding hydrogens is 160 g/mol. The van der Waals surface area contributed by atoms with Crippen LogP contribution in [0, 0.1) is 0 Å². The zero-order valence-electron chi connectivity index (χ0n) is 6.08. The second-order valence-electron chi connectivity index (χ2n) is 1.87. The average Bonchev–Trinajstić information content (AvgIpc) is 2.48. The van der Waals surface area contributed by atoms with Crippen LogP contribution in [0.25, 0.3) is 0 Å². The second kappa shape index (κ2) is 4.05. The second-order valence-corrected chi connectivity index (χ2v) is 2.94. The van der Waals surface area contributed by atoms with E-state index in [0.29, 0.717) is 13.1 Å². The van der Waals surface area contributed by atoms with Gasteiger partial charge in [0.1, 0.15) is 5.01 Å². The Morgan fingerprint density at radius 1 is 1.64 bits per heavy atom. The maximum Gasteiger partial charge on any atom is 0.205 e. The smallest absolute Gasteiger partial charge is 0.205 e. The molecule has 0 radical (unpaired) electrons. The molecule has 0 unspecified atom stereocenters. The maximum absolute atomic E-state index is 5.35. The number of aromatic nitrogens is 2. The van der Waals surface area contributed by atoms with Crippen molar-refractivity contribution in [2.45, 2.75) is 6.54 Å². The van der Waals surface area contributed by atoms with Crippen LogP contribution >= 0.6 is 11.3 Å². The van der Waals surface area contributed by atoms with Crippen LogP contribution in [-0.2, 0) is 6.54 Å². The van der Waals surface area contributed by atoms with Crippen LogP contribution < -0.4 is 11.1 Å². The molecule has 0 amide bonds. The van der Waals surface area contributed by atoms with Crippen LogP contribution in [0.1, 0.15) is 5.01 Å². The Morgan fingerprint density at radius 2 is 2.45 bits per heavy atom. The van der Waals surface area contributed by atoms with Gasteiger partial charge in [-0.2, -0.15) is 0 Å². The summed E-state index contributed by atoms with van der Waals surface area (Å²) in [6, 6.07) is 0. The van der Waals surface area contributed by atoms with Gasteiger partial charge in [0.25, 0.3) is 0 Å². The van der Waals surface area contributed by atoms with Gasteiger partial charge in [0.15, 0.2) is 0 Å². The molecule has 0 aromatic carbocycles. The molecule has 1 aromatic heterocycles. The van der Waals surface area contributed by atoms with E-state index in [-0.39, 0.29) is 0 Å². The van der Waals surface area contributed by atoms with E-state index in [1.54, 1.807) is 6.08 Å². The van der Waals surface area contributed by atoms with Gasteiger partial charge in [-0.3, -0.25) is 0 Å². The Hall–Kier alpha value is -0.940. The number of hydrogen-bond acceptors (Lipinski definition) is 5. The predicted molar refractivity (Wildman–Crippen MR) is 46.5 cm³/mol. The molecule has 5 heteroatoms. The number of nitrogens with zero attached hydrogens (tertiary/aromatic N) is 2. The van der Waals surface area contributed by atoms with Gasteiger partial charge in [-0.05, 0) is 0 Å². The third-order valence-corrected chi connectivity index (χ3v) is 1.94. The number of nitrogens with one attached hydrogen (secondary N) is 1. The molecule has 0 aliphatic heterocycles. The lowest BCUT2D eigenvalue weighted by molar-refractivity contribution is 0.957. The lowest BCUT2D eigenvalue weighted by Gasteiger charge is -1.92. The van der Waals surface area contributed by atoms with Gasteiger partial charge < -0.3 is 11.1 Å². The number of hydrogen-bond donors (Lipinski definition) is 2. The van der Waals surface area contributed by atoms with Crippen molar-refractivity contribution in [1.82, 2.24) is 10.2 Å². The molecule has 0 atom stereocenters. The van der Waals surface area contributed by atoms with Crippen LogP contribution in [0.3, 0.4) is 0 Å². The quantitative estimate of drug-likeness (QED) is 0.649. The monoisotopic (exact) mass is 170 g/mol. The molecule has 60 valence electrons. The van der Waals surface area contributed by atoms with E-state index >= 15 is 0 Å². The minimum absolute atomic E-state index is 0.452. The summed E-state index contributed by atoms with van der Waals surface area (Å²) < 4.78 is 0. The minimum atomic E-state index is 0.452. The molecule has 1 aromatic rings. The molecule has 0 aliphatic carbocycles. The van der Waals surface area contributed by atoms with Gasteiger partial charge in [0.05, 0.1) is 0 Å². The van der Waals surface area contributed by atoms with E-state index in [1.807, 2.05) is 0 Å². The fourth-order valence-electron chi connectivity index (χ4n) is 0.567. The molecule has 0 saturated heterocycles. The molecule has 11 heavy (non-hydrogen) atoms. The highest BCUT2D eigenvalue weighted by Gasteiger charge is 1.98. The zero-order chi connectivity index (χ0) is 8.10. The van der Waals surface area contributed by atoms with Gasteiger partial charge in [0.2, 0.25) is 5.13 Å². The summed E-state index contributed by atoms with van der Waals surface area (Å²) in [5.74, 6) is 0. The van der Waals surface area contributed by atoms with Crippen LogP contribution in [0.4, 0.5) is 5.13 Å². The Balaban J connectivity index is 2.50. The molecule has 0 fully saturated rings. The number of rotatable bonds is 4. The molecule has 0 aliphatic rings. The van der Waals surface area contributed by atoms with Crippen LogP contribution in [0.2, 0.25) is 0 Å². The number of anilines is 1. The van der Waals surface area contributed by atoms with E-state index in [1.165, 1.54) is 11.3 Å². The molecule has 3 N–H and O–H groups in total. The molecule has 0 spiro atoms.